The minimum Gasteiger partial charge on any atom is -0.375 e. The van der Waals surface area contributed by atoms with E-state index >= 15 is 0 Å². The molecule has 0 aliphatic carbocycles. The molecule has 128 valence electrons. The Balaban J connectivity index is 2.18. The third kappa shape index (κ3) is 3.37. The summed E-state index contributed by atoms with van der Waals surface area (Å²) in [4.78, 5) is 14.0. The van der Waals surface area contributed by atoms with Crippen LogP contribution in [-0.2, 0) is 10.1 Å². The lowest BCUT2D eigenvalue weighted by Crippen LogP contribution is -2.12. The molecule has 0 saturated carbocycles. The summed E-state index contributed by atoms with van der Waals surface area (Å²) in [7, 11) is -4.44. The monoisotopic (exact) mass is 486 g/mol. The molecule has 0 spiro atoms. The van der Waals surface area contributed by atoms with Crippen LogP contribution in [-0.4, -0.2) is 18.3 Å². The quantitative estimate of drug-likeness (QED) is 0.306. The number of nitrogens with zero attached hydrogens (tertiary/aromatic N) is 2. The van der Waals surface area contributed by atoms with Crippen LogP contribution in [0.1, 0.15) is 0 Å². The Hall–Kier alpha value is -2.04. The smallest absolute Gasteiger partial charge is 0.346 e. The number of hydrogen-bond acceptors (Lipinski definition) is 6. The lowest BCUT2D eigenvalue weighted by molar-refractivity contribution is -0.387. The molecule has 0 bridgehead atoms. The van der Waals surface area contributed by atoms with Crippen LogP contribution in [0, 0.1) is 10.1 Å². The first kappa shape index (κ1) is 17.8. The van der Waals surface area contributed by atoms with E-state index in [-0.39, 0.29) is 5.75 Å². The van der Waals surface area contributed by atoms with Crippen LogP contribution in [0.4, 0.5) is 5.69 Å². The first-order valence-electron chi connectivity index (χ1n) is 6.72. The summed E-state index contributed by atoms with van der Waals surface area (Å²) in [6, 6.07) is 10.0. The lowest BCUT2D eigenvalue weighted by Gasteiger charge is -2.12. The van der Waals surface area contributed by atoms with Gasteiger partial charge in [-0.25, -0.2) is 0 Å². The van der Waals surface area contributed by atoms with Crippen molar-refractivity contribution < 1.29 is 17.5 Å². The molecule has 3 rings (SSSR count). The van der Waals surface area contributed by atoms with E-state index in [1.165, 1.54) is 18.3 Å². The van der Waals surface area contributed by atoms with Crippen molar-refractivity contribution in [3.8, 4) is 5.75 Å². The molecule has 7 nitrogen and oxygen atoms in total. The molecule has 10 heteroatoms. The van der Waals surface area contributed by atoms with Gasteiger partial charge >= 0.3 is 10.1 Å². The van der Waals surface area contributed by atoms with Crippen molar-refractivity contribution in [3.05, 3.63) is 67.7 Å². The zero-order valence-corrected chi connectivity index (χ0v) is 16.2. The van der Waals surface area contributed by atoms with Crippen molar-refractivity contribution >= 4 is 58.6 Å². The molecule has 0 saturated heterocycles. The minimum atomic E-state index is -4.44. The Bertz CT molecular complexity index is 1100. The van der Waals surface area contributed by atoms with Gasteiger partial charge in [-0.1, -0.05) is 34.1 Å². The molecular formula is C15H8Br2N2O5S. The molecule has 0 unspecified atom stereocenters. The zero-order valence-electron chi connectivity index (χ0n) is 12.2. The second kappa shape index (κ2) is 6.70. The van der Waals surface area contributed by atoms with Crippen molar-refractivity contribution in [2.45, 2.75) is 4.90 Å². The van der Waals surface area contributed by atoms with Crippen molar-refractivity contribution in [2.75, 3.05) is 0 Å². The van der Waals surface area contributed by atoms with E-state index in [0.29, 0.717) is 19.8 Å². The van der Waals surface area contributed by atoms with Crippen LogP contribution in [0.2, 0.25) is 0 Å². The van der Waals surface area contributed by atoms with Crippen LogP contribution in [0.5, 0.6) is 5.75 Å². The number of hydrogen-bond donors (Lipinski definition) is 0. The van der Waals surface area contributed by atoms with Crippen LogP contribution in [0.3, 0.4) is 0 Å². The van der Waals surface area contributed by atoms with Gasteiger partial charge in [0.15, 0.2) is 10.6 Å². The van der Waals surface area contributed by atoms with Crippen molar-refractivity contribution in [1.29, 1.82) is 0 Å². The topological polar surface area (TPSA) is 99.4 Å². The molecular weight excluding hydrogens is 480 g/mol. The summed E-state index contributed by atoms with van der Waals surface area (Å²) in [6.07, 6.45) is 1.49. The van der Waals surface area contributed by atoms with E-state index in [1.807, 2.05) is 0 Å². The molecule has 0 N–H and O–H groups in total. The molecule has 1 aromatic heterocycles. The van der Waals surface area contributed by atoms with Crippen LogP contribution in [0.25, 0.3) is 10.9 Å². The molecule has 0 amide bonds. The second-order valence-electron chi connectivity index (χ2n) is 4.83. The number of rotatable bonds is 4. The number of nitro groups is 1. The maximum Gasteiger partial charge on any atom is 0.346 e. The Morgan fingerprint density at radius 3 is 2.52 bits per heavy atom. The fourth-order valence-corrected chi connectivity index (χ4v) is 4.78. The van der Waals surface area contributed by atoms with Crippen LogP contribution < -0.4 is 4.18 Å². The van der Waals surface area contributed by atoms with E-state index < -0.39 is 25.6 Å². The molecule has 0 atom stereocenters. The van der Waals surface area contributed by atoms with Gasteiger partial charge in [0.1, 0.15) is 5.52 Å². The highest BCUT2D eigenvalue weighted by Gasteiger charge is 2.29. The van der Waals surface area contributed by atoms with E-state index in [9.17, 15) is 18.5 Å². The molecule has 25 heavy (non-hydrogen) atoms. The number of pyridine rings is 1. The van der Waals surface area contributed by atoms with E-state index in [4.69, 9.17) is 4.18 Å². The summed E-state index contributed by atoms with van der Waals surface area (Å²) in [6.45, 7) is 0. The summed E-state index contributed by atoms with van der Waals surface area (Å²) in [5.74, 6) is -0.0445. The maximum absolute atomic E-state index is 12.6. The number of para-hydroxylation sites is 1. The van der Waals surface area contributed by atoms with Crippen LogP contribution in [0.15, 0.2) is 62.5 Å². The summed E-state index contributed by atoms with van der Waals surface area (Å²) >= 11 is 6.62. The Kier molecular flexibility index (Phi) is 4.76. The summed E-state index contributed by atoms with van der Waals surface area (Å²) < 4.78 is 31.5. The summed E-state index contributed by atoms with van der Waals surface area (Å²) in [5.41, 5.74) is -0.265. The Morgan fingerprint density at radius 1 is 1.08 bits per heavy atom. The zero-order chi connectivity index (χ0) is 18.2. The normalized spacial score (nSPS) is 11.4. The Morgan fingerprint density at radius 2 is 1.80 bits per heavy atom. The highest BCUT2D eigenvalue weighted by Crippen LogP contribution is 2.39. The number of aromatic nitrogens is 1. The first-order chi connectivity index (χ1) is 11.8. The first-order valence-corrected chi connectivity index (χ1v) is 9.71. The SMILES string of the molecule is O=[N+]([O-])c1ccccc1S(=O)(=O)Oc1c(Br)cc(Br)c2cccnc12. The van der Waals surface area contributed by atoms with Gasteiger partial charge in [0.25, 0.3) is 5.69 Å². The van der Waals surface area contributed by atoms with Crippen LogP contribution >= 0.6 is 31.9 Å². The van der Waals surface area contributed by atoms with Crippen molar-refractivity contribution in [3.63, 3.8) is 0 Å². The lowest BCUT2D eigenvalue weighted by atomic mass is 10.2. The highest BCUT2D eigenvalue weighted by molar-refractivity contribution is 9.11. The van der Waals surface area contributed by atoms with Gasteiger partial charge in [0.2, 0.25) is 0 Å². The van der Waals surface area contributed by atoms with Gasteiger partial charge in [-0.2, -0.15) is 8.42 Å². The largest absolute Gasteiger partial charge is 0.375 e. The average molecular weight is 488 g/mol. The Labute approximate surface area is 159 Å². The fraction of sp³-hybridized carbons (Fsp3) is 0. The molecule has 0 radical (unpaired) electrons. The summed E-state index contributed by atoms with van der Waals surface area (Å²) in [5, 5.41) is 11.7. The number of halogens is 2. The number of benzene rings is 2. The van der Waals surface area contributed by atoms with Crippen molar-refractivity contribution in [2.24, 2.45) is 0 Å². The second-order valence-corrected chi connectivity index (χ2v) is 8.05. The molecule has 0 fully saturated rings. The standard InChI is InChI=1S/C15H8Br2N2O5S/c16-10-8-11(17)15(14-9(10)4-3-7-18-14)24-25(22,23)13-6-2-1-5-12(13)19(20)21/h1-8H. The van der Waals surface area contributed by atoms with Gasteiger partial charge in [-0.05, 0) is 34.1 Å². The van der Waals surface area contributed by atoms with Crippen molar-refractivity contribution in [1.82, 2.24) is 4.98 Å². The molecule has 3 aromatic rings. The predicted molar refractivity (Wildman–Crippen MR) is 98.1 cm³/mol. The highest BCUT2D eigenvalue weighted by atomic mass is 79.9. The van der Waals surface area contributed by atoms with E-state index in [0.717, 1.165) is 12.1 Å². The number of nitro benzene ring substituents is 1. The molecule has 0 aliphatic rings. The predicted octanol–water partition coefficient (Wildman–Crippen LogP) is 4.44. The number of fused-ring (bicyclic) bond motifs is 1. The fourth-order valence-electron chi connectivity index (χ4n) is 2.20. The maximum atomic E-state index is 12.6. The van der Waals surface area contributed by atoms with E-state index in [1.54, 1.807) is 18.2 Å². The minimum absolute atomic E-state index is 0.0445. The van der Waals surface area contributed by atoms with E-state index in [2.05, 4.69) is 36.8 Å². The van der Waals surface area contributed by atoms with Gasteiger partial charge in [-0.15, -0.1) is 0 Å². The van der Waals surface area contributed by atoms with Gasteiger partial charge in [-0.3, -0.25) is 15.1 Å². The third-order valence-electron chi connectivity index (χ3n) is 3.27. The molecule has 2 aromatic carbocycles. The van der Waals surface area contributed by atoms with Gasteiger partial charge in [0.05, 0.1) is 9.40 Å². The van der Waals surface area contributed by atoms with Gasteiger partial charge in [0, 0.05) is 22.1 Å². The molecule has 0 aliphatic heterocycles. The third-order valence-corrected chi connectivity index (χ3v) is 5.79. The van der Waals surface area contributed by atoms with Gasteiger partial charge < -0.3 is 4.18 Å². The average Bonchev–Trinajstić information content (AvgIpc) is 2.58. The molecule has 1 heterocycles.